The van der Waals surface area contributed by atoms with Crippen molar-refractivity contribution in [3.8, 4) is 0 Å². The molecule has 0 bridgehead atoms. The van der Waals surface area contributed by atoms with Gasteiger partial charge in [-0.15, -0.1) is 0 Å². The van der Waals surface area contributed by atoms with E-state index in [1.54, 1.807) is 18.2 Å². The molecule has 0 atom stereocenters. The van der Waals surface area contributed by atoms with E-state index in [2.05, 4.69) is 15.0 Å². The van der Waals surface area contributed by atoms with Crippen molar-refractivity contribution in [3.63, 3.8) is 0 Å². The first-order valence-electron chi connectivity index (χ1n) is 4.73. The highest BCUT2D eigenvalue weighted by atomic mass is 16.5. The molecule has 1 heterocycles. The number of hydrogen-bond donors (Lipinski definition) is 2. The number of carbonyl (C=O) groups excluding carboxylic acids is 1. The highest BCUT2D eigenvalue weighted by Gasteiger charge is 2.09. The number of nitrogen functional groups attached to an aromatic ring is 1. The van der Waals surface area contributed by atoms with Crippen LogP contribution in [-0.4, -0.2) is 11.1 Å². The third-order valence-electron chi connectivity index (χ3n) is 2.19. The molecule has 0 saturated heterocycles. The molecule has 1 aromatic heterocycles. The second kappa shape index (κ2) is 4.06. The normalized spacial score (nSPS) is 10.1. The van der Waals surface area contributed by atoms with Gasteiger partial charge in [-0.2, -0.15) is 0 Å². The number of aryl methyl sites for hydroxylation is 1. The van der Waals surface area contributed by atoms with Crippen LogP contribution in [0.15, 0.2) is 35.2 Å². The van der Waals surface area contributed by atoms with Crippen molar-refractivity contribution < 1.29 is 9.32 Å². The van der Waals surface area contributed by atoms with Gasteiger partial charge >= 0.3 is 0 Å². The smallest absolute Gasteiger partial charge is 0.256 e. The zero-order valence-corrected chi connectivity index (χ0v) is 8.73. The van der Waals surface area contributed by atoms with Crippen LogP contribution < -0.4 is 11.1 Å². The maximum Gasteiger partial charge on any atom is 0.256 e. The Bertz CT molecular complexity index is 506. The standard InChI is InChI=1S/C11H11N3O2/c1-7-4-8(12)2-3-10(7)11(15)14-9-5-13-16-6-9/h2-6H,12H2,1H3,(H,14,15). The summed E-state index contributed by atoms with van der Waals surface area (Å²) in [5, 5.41) is 6.16. The number of nitrogens with one attached hydrogen (secondary N) is 1. The Morgan fingerprint density at radius 2 is 2.31 bits per heavy atom. The number of rotatable bonds is 2. The largest absolute Gasteiger partial charge is 0.399 e. The number of nitrogens with zero attached hydrogens (tertiary/aromatic N) is 1. The number of carbonyl (C=O) groups is 1. The summed E-state index contributed by atoms with van der Waals surface area (Å²) < 4.78 is 4.62. The fourth-order valence-electron chi connectivity index (χ4n) is 1.41. The third kappa shape index (κ3) is 2.03. The van der Waals surface area contributed by atoms with E-state index in [9.17, 15) is 4.79 Å². The Balaban J connectivity index is 2.21. The Hall–Kier alpha value is -2.30. The Morgan fingerprint density at radius 3 is 2.94 bits per heavy atom. The number of hydrogen-bond acceptors (Lipinski definition) is 4. The van der Waals surface area contributed by atoms with Gasteiger partial charge in [0.15, 0.2) is 0 Å². The zero-order chi connectivity index (χ0) is 11.5. The number of anilines is 2. The van der Waals surface area contributed by atoms with Gasteiger partial charge in [0.2, 0.25) is 0 Å². The van der Waals surface area contributed by atoms with Crippen molar-refractivity contribution in [1.29, 1.82) is 0 Å². The highest BCUT2D eigenvalue weighted by Crippen LogP contribution is 2.14. The van der Waals surface area contributed by atoms with Crippen molar-refractivity contribution >= 4 is 17.3 Å². The summed E-state index contributed by atoms with van der Waals surface area (Å²) in [5.74, 6) is -0.208. The van der Waals surface area contributed by atoms with Gasteiger partial charge in [0.25, 0.3) is 5.91 Å². The number of aromatic nitrogens is 1. The van der Waals surface area contributed by atoms with Crippen LogP contribution in [0.2, 0.25) is 0 Å². The summed E-state index contributed by atoms with van der Waals surface area (Å²) in [6.07, 6.45) is 2.80. The monoisotopic (exact) mass is 217 g/mol. The van der Waals surface area contributed by atoms with Gasteiger partial charge in [0.1, 0.15) is 12.0 Å². The molecule has 5 heteroatoms. The van der Waals surface area contributed by atoms with Crippen molar-refractivity contribution in [2.45, 2.75) is 6.92 Å². The molecule has 2 rings (SSSR count). The van der Waals surface area contributed by atoms with E-state index >= 15 is 0 Å². The van der Waals surface area contributed by atoms with Crippen molar-refractivity contribution in [2.75, 3.05) is 11.1 Å². The quantitative estimate of drug-likeness (QED) is 0.752. The van der Waals surface area contributed by atoms with Crippen LogP contribution in [0.4, 0.5) is 11.4 Å². The number of amides is 1. The molecule has 0 aliphatic heterocycles. The fraction of sp³-hybridized carbons (Fsp3) is 0.0909. The lowest BCUT2D eigenvalue weighted by atomic mass is 10.1. The van der Waals surface area contributed by atoms with Gasteiger partial charge in [0.05, 0.1) is 6.20 Å². The average molecular weight is 217 g/mol. The average Bonchev–Trinajstić information content (AvgIpc) is 2.70. The second-order valence-corrected chi connectivity index (χ2v) is 3.44. The predicted octanol–water partition coefficient (Wildman–Crippen LogP) is 1.82. The second-order valence-electron chi connectivity index (χ2n) is 3.44. The first-order chi connectivity index (χ1) is 7.66. The van der Waals surface area contributed by atoms with Gasteiger partial charge in [-0.25, -0.2) is 0 Å². The van der Waals surface area contributed by atoms with Crippen LogP contribution in [0.1, 0.15) is 15.9 Å². The maximum absolute atomic E-state index is 11.8. The molecule has 16 heavy (non-hydrogen) atoms. The van der Waals surface area contributed by atoms with Gasteiger partial charge in [-0.3, -0.25) is 4.79 Å². The van der Waals surface area contributed by atoms with E-state index in [1.165, 1.54) is 12.5 Å². The molecule has 0 aliphatic carbocycles. The minimum atomic E-state index is -0.208. The zero-order valence-electron chi connectivity index (χ0n) is 8.73. The van der Waals surface area contributed by atoms with Gasteiger partial charge in [-0.1, -0.05) is 5.16 Å². The van der Waals surface area contributed by atoms with Gasteiger partial charge in [0, 0.05) is 11.3 Å². The molecular weight excluding hydrogens is 206 g/mol. The Morgan fingerprint density at radius 1 is 1.50 bits per heavy atom. The van der Waals surface area contributed by atoms with E-state index in [0.717, 1.165) is 5.56 Å². The van der Waals surface area contributed by atoms with Crippen molar-refractivity contribution in [3.05, 3.63) is 41.8 Å². The molecule has 82 valence electrons. The molecule has 1 amide bonds. The van der Waals surface area contributed by atoms with Crippen molar-refractivity contribution in [1.82, 2.24) is 5.16 Å². The SMILES string of the molecule is Cc1cc(N)ccc1C(=O)Nc1cnoc1. The maximum atomic E-state index is 11.8. The Labute approximate surface area is 92.2 Å². The van der Waals surface area contributed by atoms with Crippen molar-refractivity contribution in [2.24, 2.45) is 0 Å². The third-order valence-corrected chi connectivity index (χ3v) is 2.19. The lowest BCUT2D eigenvalue weighted by molar-refractivity contribution is 0.102. The van der Waals surface area contributed by atoms with Crippen LogP contribution >= 0.6 is 0 Å². The van der Waals surface area contributed by atoms with Crippen LogP contribution in [0, 0.1) is 6.92 Å². The van der Waals surface area contributed by atoms with Gasteiger partial charge in [-0.05, 0) is 30.7 Å². The van der Waals surface area contributed by atoms with Crippen LogP contribution in [-0.2, 0) is 0 Å². The molecule has 0 saturated carbocycles. The number of benzene rings is 1. The van der Waals surface area contributed by atoms with E-state index in [-0.39, 0.29) is 5.91 Å². The van der Waals surface area contributed by atoms with Crippen LogP contribution in [0.3, 0.4) is 0 Å². The lowest BCUT2D eigenvalue weighted by Gasteiger charge is -2.06. The molecule has 2 aromatic rings. The summed E-state index contributed by atoms with van der Waals surface area (Å²) in [4.78, 5) is 11.8. The molecule has 0 aliphatic rings. The molecule has 0 spiro atoms. The minimum Gasteiger partial charge on any atom is -0.399 e. The Kier molecular flexibility index (Phi) is 2.59. The number of nitrogens with two attached hydrogens (primary N) is 1. The highest BCUT2D eigenvalue weighted by molar-refractivity contribution is 6.05. The van der Waals surface area contributed by atoms with Gasteiger partial charge < -0.3 is 15.6 Å². The minimum absolute atomic E-state index is 0.208. The van der Waals surface area contributed by atoms with E-state index in [4.69, 9.17) is 5.73 Å². The summed E-state index contributed by atoms with van der Waals surface area (Å²) in [6.45, 7) is 1.83. The van der Waals surface area contributed by atoms with E-state index < -0.39 is 0 Å². The molecule has 1 aromatic carbocycles. The molecule has 0 fully saturated rings. The summed E-state index contributed by atoms with van der Waals surface area (Å²) in [7, 11) is 0. The molecule has 0 radical (unpaired) electrons. The van der Waals surface area contributed by atoms with Crippen LogP contribution in [0.5, 0.6) is 0 Å². The predicted molar refractivity (Wildman–Crippen MR) is 60.0 cm³/mol. The fourth-order valence-corrected chi connectivity index (χ4v) is 1.41. The lowest BCUT2D eigenvalue weighted by Crippen LogP contribution is -2.13. The molecular formula is C11H11N3O2. The topological polar surface area (TPSA) is 81.2 Å². The molecule has 3 N–H and O–H groups in total. The summed E-state index contributed by atoms with van der Waals surface area (Å²) in [6, 6.07) is 5.13. The first kappa shape index (κ1) is 10.2. The van der Waals surface area contributed by atoms with E-state index in [0.29, 0.717) is 16.9 Å². The van der Waals surface area contributed by atoms with E-state index in [1.807, 2.05) is 6.92 Å². The summed E-state index contributed by atoms with van der Waals surface area (Å²) in [5.41, 5.74) is 8.18. The van der Waals surface area contributed by atoms with Crippen LogP contribution in [0.25, 0.3) is 0 Å². The first-order valence-corrected chi connectivity index (χ1v) is 4.73. The molecule has 0 unspecified atom stereocenters. The summed E-state index contributed by atoms with van der Waals surface area (Å²) >= 11 is 0. The molecule has 5 nitrogen and oxygen atoms in total.